The Kier molecular flexibility index (Phi) is 4.84. The first-order chi connectivity index (χ1) is 16.5. The molecule has 34 heavy (non-hydrogen) atoms. The number of nitrogens with two attached hydrogens (primary N) is 1. The first-order valence-electron chi connectivity index (χ1n) is 11.1. The van der Waals surface area contributed by atoms with E-state index in [1.807, 2.05) is 18.2 Å². The molecule has 0 amide bonds. The van der Waals surface area contributed by atoms with Crippen molar-refractivity contribution in [2.75, 3.05) is 19.8 Å². The molecule has 0 saturated heterocycles. The summed E-state index contributed by atoms with van der Waals surface area (Å²) in [6.45, 7) is 1.35. The van der Waals surface area contributed by atoms with Gasteiger partial charge >= 0.3 is 0 Å². The van der Waals surface area contributed by atoms with E-state index in [4.69, 9.17) is 24.9 Å². The summed E-state index contributed by atoms with van der Waals surface area (Å²) >= 11 is 0. The van der Waals surface area contributed by atoms with Gasteiger partial charge in [0.2, 0.25) is 5.95 Å². The molecule has 0 unspecified atom stereocenters. The molecule has 1 spiro atoms. The van der Waals surface area contributed by atoms with Crippen LogP contribution in [0.1, 0.15) is 29.5 Å². The van der Waals surface area contributed by atoms with Crippen LogP contribution in [0.15, 0.2) is 59.7 Å². The van der Waals surface area contributed by atoms with Crippen LogP contribution in [0.25, 0.3) is 16.7 Å². The summed E-state index contributed by atoms with van der Waals surface area (Å²) in [5.41, 5.74) is 8.96. The molecule has 1 atom stereocenters. The molecule has 172 valence electrons. The molecule has 0 fully saturated rings. The van der Waals surface area contributed by atoms with Crippen molar-refractivity contribution in [2.45, 2.75) is 18.4 Å². The Morgan fingerprint density at radius 1 is 1.00 bits per heavy atom. The van der Waals surface area contributed by atoms with Crippen molar-refractivity contribution < 1.29 is 23.0 Å². The van der Waals surface area contributed by atoms with Crippen molar-refractivity contribution in [3.05, 3.63) is 83.2 Å². The molecule has 2 aromatic carbocycles. The Hall–Kier alpha value is -3.78. The van der Waals surface area contributed by atoms with Crippen molar-refractivity contribution in [1.82, 2.24) is 4.98 Å². The van der Waals surface area contributed by atoms with E-state index in [1.54, 1.807) is 24.3 Å². The number of aromatic nitrogens is 1. The molecule has 6 rings (SSSR count). The highest BCUT2D eigenvalue weighted by molar-refractivity contribution is 5.77. The van der Waals surface area contributed by atoms with E-state index in [2.05, 4.69) is 4.98 Å². The van der Waals surface area contributed by atoms with Crippen molar-refractivity contribution in [3.8, 4) is 22.6 Å². The molecule has 0 saturated carbocycles. The lowest BCUT2D eigenvalue weighted by atomic mass is 9.76. The lowest BCUT2D eigenvalue weighted by Gasteiger charge is -2.40. The maximum absolute atomic E-state index is 15.5. The number of nitrogens with zero attached hydrogens (tertiary/aromatic N) is 2. The number of ether oxygens (including phenoxy) is 3. The SMILES string of the molecule is NC1=N[C@]2(CCO1)c1cc(-c3cccnc3F)ccc1Oc1c(F)cc(C3=CCOCC3)cc12. The van der Waals surface area contributed by atoms with Crippen LogP contribution < -0.4 is 10.5 Å². The maximum Gasteiger partial charge on any atom is 0.283 e. The highest BCUT2D eigenvalue weighted by atomic mass is 19.1. The Morgan fingerprint density at radius 3 is 2.68 bits per heavy atom. The third-order valence-corrected chi connectivity index (χ3v) is 6.55. The van der Waals surface area contributed by atoms with Gasteiger partial charge in [-0.25, -0.2) is 14.4 Å². The van der Waals surface area contributed by atoms with Gasteiger partial charge in [-0.3, -0.25) is 0 Å². The predicted octanol–water partition coefficient (Wildman–Crippen LogP) is 4.91. The predicted molar refractivity (Wildman–Crippen MR) is 122 cm³/mol. The summed E-state index contributed by atoms with van der Waals surface area (Å²) in [5, 5.41) is 0. The number of amidine groups is 1. The molecule has 3 aliphatic heterocycles. The fourth-order valence-corrected chi connectivity index (χ4v) is 4.91. The summed E-state index contributed by atoms with van der Waals surface area (Å²) in [4.78, 5) is 8.48. The van der Waals surface area contributed by atoms with E-state index in [-0.39, 0.29) is 11.8 Å². The number of rotatable bonds is 2. The Balaban J connectivity index is 1.59. The summed E-state index contributed by atoms with van der Waals surface area (Å²) in [6.07, 6.45) is 4.46. The Morgan fingerprint density at radius 2 is 1.88 bits per heavy atom. The molecule has 1 aromatic heterocycles. The van der Waals surface area contributed by atoms with Crippen LogP contribution in [-0.2, 0) is 15.0 Å². The lowest BCUT2D eigenvalue weighted by molar-refractivity contribution is 0.161. The zero-order valence-corrected chi connectivity index (χ0v) is 18.2. The van der Waals surface area contributed by atoms with E-state index < -0.39 is 17.3 Å². The molecule has 0 aliphatic carbocycles. The first kappa shape index (κ1) is 20.8. The zero-order chi connectivity index (χ0) is 23.3. The topological polar surface area (TPSA) is 79.0 Å². The molecule has 3 aromatic rings. The standard InChI is InChI=1S/C26H21F2N3O3/c27-21-14-17(15-5-9-32-10-6-15)13-20-23(21)34-22-4-3-16(18-2-1-8-30-24(18)28)12-19(22)26(20)7-11-33-25(29)31-26/h1-5,8,12-14H,6-7,9-11H2,(H2,29,31)/t26-/m1/s1. The van der Waals surface area contributed by atoms with Crippen LogP contribution in [0, 0.1) is 11.8 Å². The average molecular weight is 461 g/mol. The molecule has 3 aliphatic rings. The van der Waals surface area contributed by atoms with Crippen LogP contribution in [0.3, 0.4) is 0 Å². The van der Waals surface area contributed by atoms with Gasteiger partial charge in [0.1, 0.15) is 11.3 Å². The second-order valence-electron chi connectivity index (χ2n) is 8.45. The Bertz CT molecular complexity index is 1370. The largest absolute Gasteiger partial charge is 0.465 e. The maximum atomic E-state index is 15.5. The van der Waals surface area contributed by atoms with E-state index in [9.17, 15) is 4.39 Å². The van der Waals surface area contributed by atoms with Crippen molar-refractivity contribution >= 4 is 11.6 Å². The second kappa shape index (κ2) is 7.92. The minimum atomic E-state index is -1.04. The quantitative estimate of drug-likeness (QED) is 0.549. The average Bonchev–Trinajstić information content (AvgIpc) is 2.86. The highest BCUT2D eigenvalue weighted by Gasteiger charge is 2.46. The van der Waals surface area contributed by atoms with Crippen LogP contribution in [0.4, 0.5) is 8.78 Å². The van der Waals surface area contributed by atoms with Crippen LogP contribution >= 0.6 is 0 Å². The second-order valence-corrected chi connectivity index (χ2v) is 8.45. The number of hydrogen-bond donors (Lipinski definition) is 1. The number of aliphatic imine (C=N–C) groups is 1. The molecule has 0 radical (unpaired) electrons. The molecule has 6 nitrogen and oxygen atoms in total. The van der Waals surface area contributed by atoms with Crippen LogP contribution in [0.5, 0.6) is 11.5 Å². The molecular weight excluding hydrogens is 440 g/mol. The third-order valence-electron chi connectivity index (χ3n) is 6.55. The van der Waals surface area contributed by atoms with Gasteiger partial charge in [-0.2, -0.15) is 4.39 Å². The van der Waals surface area contributed by atoms with Gasteiger partial charge in [0, 0.05) is 29.3 Å². The fourth-order valence-electron chi connectivity index (χ4n) is 4.91. The lowest BCUT2D eigenvalue weighted by Crippen LogP contribution is -2.39. The van der Waals surface area contributed by atoms with Gasteiger partial charge in [-0.15, -0.1) is 0 Å². The first-order valence-corrected chi connectivity index (χ1v) is 11.1. The van der Waals surface area contributed by atoms with Gasteiger partial charge < -0.3 is 19.9 Å². The van der Waals surface area contributed by atoms with Gasteiger partial charge in [0.15, 0.2) is 11.6 Å². The monoisotopic (exact) mass is 461 g/mol. The molecule has 8 heteroatoms. The summed E-state index contributed by atoms with van der Waals surface area (Å²) in [7, 11) is 0. The van der Waals surface area contributed by atoms with Gasteiger partial charge in [-0.1, -0.05) is 12.1 Å². The minimum Gasteiger partial charge on any atom is -0.465 e. The minimum absolute atomic E-state index is 0.0131. The molecule has 0 bridgehead atoms. The number of halogens is 2. The van der Waals surface area contributed by atoms with E-state index in [0.29, 0.717) is 60.7 Å². The van der Waals surface area contributed by atoms with Gasteiger partial charge in [0.25, 0.3) is 6.02 Å². The molecular formula is C26H21F2N3O3. The summed E-state index contributed by atoms with van der Waals surface area (Å²) in [5.74, 6) is -0.505. The molecule has 4 heterocycles. The number of fused-ring (bicyclic) bond motifs is 4. The van der Waals surface area contributed by atoms with Crippen LogP contribution in [0.2, 0.25) is 0 Å². The normalized spacial score (nSPS) is 21.0. The molecule has 2 N–H and O–H groups in total. The number of hydrogen-bond acceptors (Lipinski definition) is 6. The van der Waals surface area contributed by atoms with Crippen LogP contribution in [-0.4, -0.2) is 30.8 Å². The fraction of sp³-hybridized carbons (Fsp3) is 0.231. The number of benzene rings is 2. The van der Waals surface area contributed by atoms with Crippen molar-refractivity contribution in [1.29, 1.82) is 0 Å². The van der Waals surface area contributed by atoms with Crippen molar-refractivity contribution in [2.24, 2.45) is 10.7 Å². The summed E-state index contributed by atoms with van der Waals surface area (Å²) in [6, 6.07) is 12.0. The Labute approximate surface area is 194 Å². The van der Waals surface area contributed by atoms with E-state index >= 15 is 4.39 Å². The summed E-state index contributed by atoms with van der Waals surface area (Å²) < 4.78 is 46.8. The van der Waals surface area contributed by atoms with Gasteiger partial charge in [0.05, 0.1) is 19.8 Å². The van der Waals surface area contributed by atoms with Crippen molar-refractivity contribution in [3.63, 3.8) is 0 Å². The third kappa shape index (κ3) is 3.25. The van der Waals surface area contributed by atoms with Gasteiger partial charge in [-0.05, 0) is 59.5 Å². The zero-order valence-electron chi connectivity index (χ0n) is 18.2. The highest BCUT2D eigenvalue weighted by Crippen LogP contribution is 2.54. The number of pyridine rings is 1. The smallest absolute Gasteiger partial charge is 0.283 e. The van der Waals surface area contributed by atoms with E-state index in [1.165, 1.54) is 12.3 Å². The van der Waals surface area contributed by atoms with E-state index in [0.717, 1.165) is 11.1 Å².